The van der Waals surface area contributed by atoms with Crippen LogP contribution in [0, 0.1) is 17.0 Å². The molecule has 1 N–H and O–H groups in total. The number of aliphatic hydroxyl groups excluding tert-OH is 1. The van der Waals surface area contributed by atoms with Crippen molar-refractivity contribution in [1.82, 2.24) is 9.78 Å². The lowest BCUT2D eigenvalue weighted by Crippen LogP contribution is -2.33. The van der Waals surface area contributed by atoms with Crippen LogP contribution in [-0.4, -0.2) is 53.2 Å². The molecule has 1 heterocycles. The molecule has 0 amide bonds. The molecule has 0 aliphatic heterocycles. The van der Waals surface area contributed by atoms with Gasteiger partial charge in [0.25, 0.3) is 0 Å². The zero-order valence-electron chi connectivity index (χ0n) is 12.5. The van der Waals surface area contributed by atoms with E-state index in [4.69, 9.17) is 4.74 Å². The lowest BCUT2D eigenvalue weighted by molar-refractivity contribution is -0.384. The van der Waals surface area contributed by atoms with Crippen molar-refractivity contribution in [1.29, 1.82) is 0 Å². The Bertz CT molecular complexity index is 472. The molecule has 0 radical (unpaired) electrons. The molecule has 8 heteroatoms. The highest BCUT2D eigenvalue weighted by Gasteiger charge is 2.29. The second kappa shape index (κ2) is 6.67. The van der Waals surface area contributed by atoms with Crippen molar-refractivity contribution < 1.29 is 14.8 Å². The van der Waals surface area contributed by atoms with Crippen LogP contribution in [0.15, 0.2) is 0 Å². The van der Waals surface area contributed by atoms with Crippen LogP contribution in [0.1, 0.15) is 25.6 Å². The molecule has 1 aromatic heterocycles. The Labute approximate surface area is 118 Å². The molecule has 1 aromatic rings. The van der Waals surface area contributed by atoms with Gasteiger partial charge >= 0.3 is 5.69 Å². The maximum Gasteiger partial charge on any atom is 0.333 e. The van der Waals surface area contributed by atoms with Crippen LogP contribution in [0.3, 0.4) is 0 Å². The maximum atomic E-state index is 11.2. The first-order valence-electron chi connectivity index (χ1n) is 6.41. The minimum Gasteiger partial charge on any atom is -0.389 e. The predicted molar refractivity (Wildman–Crippen MR) is 75.2 cm³/mol. The van der Waals surface area contributed by atoms with E-state index < -0.39 is 11.0 Å². The SMILES string of the molecule is COCC(O)CN(C)c1c([N+](=O)[O-])c(C)nn1C(C)C. The molecular formula is C12H22N4O4. The smallest absolute Gasteiger partial charge is 0.333 e. The Balaban J connectivity index is 3.16. The van der Waals surface area contributed by atoms with Crippen LogP contribution in [-0.2, 0) is 4.74 Å². The van der Waals surface area contributed by atoms with Gasteiger partial charge in [-0.25, -0.2) is 4.68 Å². The van der Waals surface area contributed by atoms with Gasteiger partial charge in [0.05, 0.1) is 17.6 Å². The molecule has 1 atom stereocenters. The van der Waals surface area contributed by atoms with Gasteiger partial charge in [-0.3, -0.25) is 10.1 Å². The summed E-state index contributed by atoms with van der Waals surface area (Å²) in [4.78, 5) is 12.4. The number of aliphatic hydroxyl groups is 1. The van der Waals surface area contributed by atoms with Gasteiger partial charge in [0.1, 0.15) is 5.69 Å². The van der Waals surface area contributed by atoms with E-state index in [-0.39, 0.29) is 24.9 Å². The molecule has 20 heavy (non-hydrogen) atoms. The van der Waals surface area contributed by atoms with E-state index in [2.05, 4.69) is 5.10 Å². The summed E-state index contributed by atoms with van der Waals surface area (Å²) in [6, 6.07) is -0.0144. The third-order valence-electron chi connectivity index (χ3n) is 2.91. The topological polar surface area (TPSA) is 93.7 Å². The number of hydrogen-bond acceptors (Lipinski definition) is 6. The molecule has 0 spiro atoms. The lowest BCUT2D eigenvalue weighted by atomic mass is 10.3. The molecule has 1 unspecified atom stereocenters. The summed E-state index contributed by atoms with van der Waals surface area (Å²) >= 11 is 0. The summed E-state index contributed by atoms with van der Waals surface area (Å²) in [5, 5.41) is 25.2. The Morgan fingerprint density at radius 3 is 2.60 bits per heavy atom. The van der Waals surface area contributed by atoms with Crippen molar-refractivity contribution in [3.8, 4) is 0 Å². The van der Waals surface area contributed by atoms with E-state index in [0.29, 0.717) is 11.5 Å². The predicted octanol–water partition coefficient (Wildman–Crippen LogP) is 1.12. The zero-order chi connectivity index (χ0) is 15.4. The molecule has 1 rings (SSSR count). The second-order valence-electron chi connectivity index (χ2n) is 5.04. The highest BCUT2D eigenvalue weighted by Crippen LogP contribution is 2.33. The number of rotatable bonds is 7. The first kappa shape index (κ1) is 16.4. The van der Waals surface area contributed by atoms with E-state index in [0.717, 1.165) is 0 Å². The summed E-state index contributed by atoms with van der Waals surface area (Å²) in [6.45, 7) is 5.82. The maximum absolute atomic E-state index is 11.2. The molecule has 114 valence electrons. The number of methoxy groups -OCH3 is 1. The number of likely N-dealkylation sites (N-methyl/N-ethyl adjacent to an activating group) is 1. The number of aromatic nitrogens is 2. The molecular weight excluding hydrogens is 264 g/mol. The number of ether oxygens (including phenoxy) is 1. The van der Waals surface area contributed by atoms with Crippen LogP contribution in [0.25, 0.3) is 0 Å². The van der Waals surface area contributed by atoms with E-state index in [1.807, 2.05) is 13.8 Å². The minimum atomic E-state index is -0.722. The molecule has 0 aliphatic rings. The standard InChI is InChI=1S/C12H22N4O4/c1-8(2)15-12(11(16(18)19)9(3)13-15)14(4)6-10(17)7-20-5/h8,10,17H,6-7H2,1-5H3. The van der Waals surface area contributed by atoms with Crippen molar-refractivity contribution >= 4 is 11.5 Å². The molecule has 0 aromatic carbocycles. The van der Waals surface area contributed by atoms with Crippen LogP contribution < -0.4 is 4.90 Å². The Morgan fingerprint density at radius 2 is 2.15 bits per heavy atom. The minimum absolute atomic E-state index is 0.0144. The lowest BCUT2D eigenvalue weighted by Gasteiger charge is -2.23. The molecule has 0 saturated carbocycles. The summed E-state index contributed by atoms with van der Waals surface area (Å²) in [6.07, 6.45) is -0.722. The van der Waals surface area contributed by atoms with Crippen LogP contribution in [0.4, 0.5) is 11.5 Å². The zero-order valence-corrected chi connectivity index (χ0v) is 12.5. The van der Waals surface area contributed by atoms with Crippen molar-refractivity contribution in [2.24, 2.45) is 0 Å². The Kier molecular flexibility index (Phi) is 5.46. The van der Waals surface area contributed by atoms with Gasteiger partial charge in [-0.1, -0.05) is 0 Å². The largest absolute Gasteiger partial charge is 0.389 e. The van der Waals surface area contributed by atoms with Gasteiger partial charge in [0.15, 0.2) is 0 Å². The number of nitro groups is 1. The van der Waals surface area contributed by atoms with E-state index in [1.165, 1.54) is 7.11 Å². The number of hydrogen-bond donors (Lipinski definition) is 1. The Hall–Kier alpha value is -1.67. The fraction of sp³-hybridized carbons (Fsp3) is 0.750. The summed E-state index contributed by atoms with van der Waals surface area (Å²) < 4.78 is 6.47. The molecule has 0 aliphatic carbocycles. The fourth-order valence-corrected chi connectivity index (χ4v) is 2.10. The van der Waals surface area contributed by atoms with Gasteiger partial charge in [-0.15, -0.1) is 0 Å². The molecule has 0 saturated heterocycles. The third-order valence-corrected chi connectivity index (χ3v) is 2.91. The van der Waals surface area contributed by atoms with Gasteiger partial charge in [-0.2, -0.15) is 5.10 Å². The number of nitrogens with zero attached hydrogens (tertiary/aromatic N) is 4. The highest BCUT2D eigenvalue weighted by molar-refractivity contribution is 5.61. The molecule has 0 fully saturated rings. The third kappa shape index (κ3) is 3.45. The number of anilines is 1. The molecule has 0 bridgehead atoms. The number of aryl methyl sites for hydroxylation is 1. The van der Waals surface area contributed by atoms with Crippen LogP contribution >= 0.6 is 0 Å². The van der Waals surface area contributed by atoms with E-state index >= 15 is 0 Å². The van der Waals surface area contributed by atoms with Crippen LogP contribution in [0.5, 0.6) is 0 Å². The van der Waals surface area contributed by atoms with Crippen molar-refractivity contribution in [3.05, 3.63) is 15.8 Å². The van der Waals surface area contributed by atoms with Gasteiger partial charge < -0.3 is 14.7 Å². The first-order chi connectivity index (χ1) is 9.29. The van der Waals surface area contributed by atoms with Gasteiger partial charge in [0, 0.05) is 26.7 Å². The average molecular weight is 286 g/mol. The fourth-order valence-electron chi connectivity index (χ4n) is 2.10. The van der Waals surface area contributed by atoms with Gasteiger partial charge in [-0.05, 0) is 20.8 Å². The normalized spacial score (nSPS) is 12.8. The summed E-state index contributed by atoms with van der Waals surface area (Å²) in [5.41, 5.74) is 0.345. The van der Waals surface area contributed by atoms with Gasteiger partial charge in [0.2, 0.25) is 5.82 Å². The van der Waals surface area contributed by atoms with Crippen molar-refractivity contribution in [3.63, 3.8) is 0 Å². The second-order valence-corrected chi connectivity index (χ2v) is 5.04. The highest BCUT2D eigenvalue weighted by atomic mass is 16.6. The Morgan fingerprint density at radius 1 is 1.55 bits per heavy atom. The first-order valence-corrected chi connectivity index (χ1v) is 6.41. The van der Waals surface area contributed by atoms with Crippen molar-refractivity contribution in [2.75, 3.05) is 32.2 Å². The van der Waals surface area contributed by atoms with E-state index in [1.54, 1.807) is 23.6 Å². The monoisotopic (exact) mass is 286 g/mol. The average Bonchev–Trinajstić information content (AvgIpc) is 2.67. The van der Waals surface area contributed by atoms with E-state index in [9.17, 15) is 15.2 Å². The van der Waals surface area contributed by atoms with Crippen LogP contribution in [0.2, 0.25) is 0 Å². The quantitative estimate of drug-likeness (QED) is 0.596. The van der Waals surface area contributed by atoms with Crippen molar-refractivity contribution in [2.45, 2.75) is 32.9 Å². The summed E-state index contributed by atoms with van der Waals surface area (Å²) in [7, 11) is 3.19. The molecule has 8 nitrogen and oxygen atoms in total. The summed E-state index contributed by atoms with van der Waals surface area (Å²) in [5.74, 6) is 0.401.